The second kappa shape index (κ2) is 6.82. The van der Waals surface area contributed by atoms with Gasteiger partial charge in [0.15, 0.2) is 0 Å². The van der Waals surface area contributed by atoms with E-state index in [1.807, 2.05) is 0 Å². The predicted molar refractivity (Wildman–Crippen MR) is 85.3 cm³/mol. The van der Waals surface area contributed by atoms with Crippen molar-refractivity contribution in [1.82, 2.24) is 9.88 Å². The molecule has 5 nitrogen and oxygen atoms in total. The quantitative estimate of drug-likeness (QED) is 0.481. The molecule has 1 fully saturated rings. The molecule has 0 bridgehead atoms. The Labute approximate surface area is 132 Å². The number of aromatic nitrogens is 1. The van der Waals surface area contributed by atoms with Crippen molar-refractivity contribution in [3.8, 4) is 0 Å². The smallest absolute Gasteiger partial charge is 0.329 e. The fourth-order valence-corrected chi connectivity index (χ4v) is 3.21. The molecule has 0 spiro atoms. The first-order valence-electron chi connectivity index (χ1n) is 6.38. The number of nitrogens with zero attached hydrogens (tertiary/aromatic N) is 2. The summed E-state index contributed by atoms with van der Waals surface area (Å²) in [6.07, 6.45) is 5.03. The highest BCUT2D eigenvalue weighted by Crippen LogP contribution is 2.34. The highest BCUT2D eigenvalue weighted by molar-refractivity contribution is 8.26. The molecule has 1 amide bonds. The first-order valence-corrected chi connectivity index (χ1v) is 7.60. The number of amides is 1. The lowest BCUT2D eigenvalue weighted by Gasteiger charge is -2.21. The molecule has 0 N–H and O–H groups in total. The second-order valence-electron chi connectivity index (χ2n) is 4.26. The van der Waals surface area contributed by atoms with Gasteiger partial charge in [0.25, 0.3) is 5.91 Å². The first-order chi connectivity index (χ1) is 10.0. The molecule has 1 unspecified atom stereocenters. The van der Waals surface area contributed by atoms with Crippen LogP contribution in [-0.2, 0) is 14.3 Å². The van der Waals surface area contributed by atoms with Crippen molar-refractivity contribution in [1.29, 1.82) is 0 Å². The number of hydrogen-bond donors (Lipinski definition) is 0. The van der Waals surface area contributed by atoms with Crippen molar-refractivity contribution < 1.29 is 14.3 Å². The molecule has 1 aliphatic heterocycles. The van der Waals surface area contributed by atoms with Crippen LogP contribution in [0.25, 0.3) is 6.08 Å². The van der Waals surface area contributed by atoms with Gasteiger partial charge in [0.05, 0.1) is 11.5 Å². The van der Waals surface area contributed by atoms with E-state index in [9.17, 15) is 9.59 Å². The molecule has 1 saturated heterocycles. The Bertz CT molecular complexity index is 601. The van der Waals surface area contributed by atoms with E-state index in [1.165, 1.54) is 16.7 Å². The van der Waals surface area contributed by atoms with Crippen LogP contribution in [-0.4, -0.2) is 38.7 Å². The average molecular weight is 322 g/mol. The van der Waals surface area contributed by atoms with Crippen molar-refractivity contribution in [3.05, 3.63) is 35.0 Å². The van der Waals surface area contributed by atoms with Crippen LogP contribution < -0.4 is 0 Å². The van der Waals surface area contributed by atoms with Crippen LogP contribution in [0.2, 0.25) is 0 Å². The lowest BCUT2D eigenvalue weighted by atomic mass is 10.2. The van der Waals surface area contributed by atoms with Gasteiger partial charge in [-0.05, 0) is 37.6 Å². The van der Waals surface area contributed by atoms with Gasteiger partial charge in [0, 0.05) is 12.4 Å². The van der Waals surface area contributed by atoms with Gasteiger partial charge in [0.2, 0.25) is 0 Å². The predicted octanol–water partition coefficient (Wildman–Crippen LogP) is 2.23. The van der Waals surface area contributed by atoms with Gasteiger partial charge in [0.1, 0.15) is 10.4 Å². The van der Waals surface area contributed by atoms with E-state index in [0.717, 1.165) is 5.56 Å². The minimum Gasteiger partial charge on any atom is -0.464 e. The molecular weight excluding hydrogens is 308 g/mol. The summed E-state index contributed by atoms with van der Waals surface area (Å²) in [5.74, 6) is -0.735. The molecule has 110 valence electrons. The molecule has 2 rings (SSSR count). The molecule has 2 heterocycles. The van der Waals surface area contributed by atoms with Crippen molar-refractivity contribution in [2.24, 2.45) is 0 Å². The minimum atomic E-state index is -0.721. The molecule has 0 aromatic carbocycles. The number of ether oxygens (including phenoxy) is 1. The minimum absolute atomic E-state index is 0.269. The Kier molecular flexibility index (Phi) is 5.08. The molecule has 1 aromatic rings. The normalized spacial score (nSPS) is 18.2. The maximum absolute atomic E-state index is 12.4. The molecule has 1 aromatic heterocycles. The fraction of sp³-hybridized carbons (Fsp3) is 0.286. The average Bonchev–Trinajstić information content (AvgIpc) is 2.74. The summed E-state index contributed by atoms with van der Waals surface area (Å²) in [7, 11) is 0. The third-order valence-electron chi connectivity index (χ3n) is 2.84. The van der Waals surface area contributed by atoms with Gasteiger partial charge < -0.3 is 4.74 Å². The summed E-state index contributed by atoms with van der Waals surface area (Å²) in [5, 5.41) is 0. The number of esters is 1. The molecule has 21 heavy (non-hydrogen) atoms. The van der Waals surface area contributed by atoms with Crippen LogP contribution >= 0.6 is 24.0 Å². The van der Waals surface area contributed by atoms with E-state index >= 15 is 0 Å². The SMILES string of the molecule is CCOC(=O)C(C)N1C(=O)/C(=C/c2ccncc2)SC1=S. The van der Waals surface area contributed by atoms with Crippen LogP contribution in [0, 0.1) is 0 Å². The number of carbonyl (C=O) groups excluding carboxylic acids is 2. The van der Waals surface area contributed by atoms with E-state index < -0.39 is 12.0 Å². The molecule has 7 heteroatoms. The summed E-state index contributed by atoms with van der Waals surface area (Å²) in [6, 6.07) is 2.86. The largest absolute Gasteiger partial charge is 0.464 e. The number of pyridine rings is 1. The zero-order valence-corrected chi connectivity index (χ0v) is 13.2. The van der Waals surface area contributed by atoms with Crippen LogP contribution in [0.3, 0.4) is 0 Å². The van der Waals surface area contributed by atoms with E-state index in [1.54, 1.807) is 44.4 Å². The molecule has 1 aliphatic rings. The Balaban J connectivity index is 2.21. The molecule has 0 aliphatic carbocycles. The highest BCUT2D eigenvalue weighted by atomic mass is 32.2. The zero-order valence-electron chi connectivity index (χ0n) is 11.6. The third-order valence-corrected chi connectivity index (χ3v) is 4.17. The maximum Gasteiger partial charge on any atom is 0.329 e. The van der Waals surface area contributed by atoms with E-state index in [2.05, 4.69) is 4.98 Å². The molecule has 0 radical (unpaired) electrons. The van der Waals surface area contributed by atoms with Crippen molar-refractivity contribution in [3.63, 3.8) is 0 Å². The Morgan fingerprint density at radius 3 is 2.81 bits per heavy atom. The summed E-state index contributed by atoms with van der Waals surface area (Å²) in [5.41, 5.74) is 0.856. The third kappa shape index (κ3) is 3.48. The summed E-state index contributed by atoms with van der Waals surface area (Å²) >= 11 is 6.38. The molecular formula is C14H14N2O3S2. The van der Waals surface area contributed by atoms with Crippen LogP contribution in [0.15, 0.2) is 29.4 Å². The molecule has 1 atom stereocenters. The Morgan fingerprint density at radius 1 is 1.52 bits per heavy atom. The lowest BCUT2D eigenvalue weighted by Crippen LogP contribution is -2.42. The topological polar surface area (TPSA) is 59.5 Å². The van der Waals surface area contributed by atoms with Gasteiger partial charge in [-0.3, -0.25) is 14.7 Å². The van der Waals surface area contributed by atoms with Gasteiger partial charge in [-0.15, -0.1) is 0 Å². The van der Waals surface area contributed by atoms with Crippen molar-refractivity contribution in [2.45, 2.75) is 19.9 Å². The number of carbonyl (C=O) groups is 2. The number of rotatable bonds is 4. The van der Waals surface area contributed by atoms with E-state index in [-0.39, 0.29) is 12.5 Å². The number of hydrogen-bond acceptors (Lipinski definition) is 6. The summed E-state index contributed by atoms with van der Waals surface area (Å²) in [6.45, 7) is 3.60. The Hall–Kier alpha value is -1.73. The fourth-order valence-electron chi connectivity index (χ4n) is 1.79. The van der Waals surface area contributed by atoms with E-state index in [4.69, 9.17) is 17.0 Å². The summed E-state index contributed by atoms with van der Waals surface area (Å²) < 4.78 is 5.30. The summed E-state index contributed by atoms with van der Waals surface area (Å²) in [4.78, 5) is 29.9. The Morgan fingerprint density at radius 2 is 2.19 bits per heavy atom. The van der Waals surface area contributed by atoms with Gasteiger partial charge in [-0.1, -0.05) is 24.0 Å². The van der Waals surface area contributed by atoms with Gasteiger partial charge >= 0.3 is 5.97 Å². The van der Waals surface area contributed by atoms with Gasteiger partial charge in [-0.2, -0.15) is 0 Å². The monoisotopic (exact) mass is 322 g/mol. The lowest BCUT2D eigenvalue weighted by molar-refractivity contribution is -0.149. The van der Waals surface area contributed by atoms with Crippen LogP contribution in [0.1, 0.15) is 19.4 Å². The second-order valence-corrected chi connectivity index (χ2v) is 5.94. The number of thiocarbonyl (C=S) groups is 1. The van der Waals surface area contributed by atoms with Crippen molar-refractivity contribution in [2.75, 3.05) is 6.61 Å². The zero-order chi connectivity index (χ0) is 15.4. The highest BCUT2D eigenvalue weighted by Gasteiger charge is 2.38. The maximum atomic E-state index is 12.4. The van der Waals surface area contributed by atoms with Crippen LogP contribution in [0.4, 0.5) is 0 Å². The molecule has 0 saturated carbocycles. The standard InChI is InChI=1S/C14H14N2O3S2/c1-3-19-13(18)9(2)16-12(17)11(21-14(16)20)8-10-4-6-15-7-5-10/h4-9H,3H2,1-2H3/b11-8-. The first kappa shape index (κ1) is 15.7. The van der Waals surface area contributed by atoms with Crippen molar-refractivity contribution >= 4 is 46.3 Å². The van der Waals surface area contributed by atoms with Gasteiger partial charge in [-0.25, -0.2) is 4.79 Å². The van der Waals surface area contributed by atoms with Crippen LogP contribution in [0.5, 0.6) is 0 Å². The number of thioether (sulfide) groups is 1. The van der Waals surface area contributed by atoms with E-state index in [0.29, 0.717) is 9.23 Å².